The summed E-state index contributed by atoms with van der Waals surface area (Å²) in [6, 6.07) is 0.270. The molecule has 1 aliphatic carbocycles. The Morgan fingerprint density at radius 2 is 2.06 bits per heavy atom. The van der Waals surface area contributed by atoms with Gasteiger partial charge < -0.3 is 15.8 Å². The van der Waals surface area contributed by atoms with E-state index in [-0.39, 0.29) is 17.9 Å². The molecule has 0 aromatic carbocycles. The molecule has 1 aliphatic heterocycles. The predicted octanol–water partition coefficient (Wildman–Crippen LogP) is 1.05. The fourth-order valence-corrected chi connectivity index (χ4v) is 2.81. The Morgan fingerprint density at radius 3 is 2.76 bits per heavy atom. The van der Waals surface area contributed by atoms with Crippen molar-refractivity contribution < 1.29 is 9.53 Å². The largest absolute Gasteiger partial charge is 0.381 e. The maximum atomic E-state index is 11.9. The minimum Gasteiger partial charge on any atom is -0.381 e. The van der Waals surface area contributed by atoms with E-state index in [9.17, 15) is 4.79 Å². The lowest BCUT2D eigenvalue weighted by Crippen LogP contribution is -2.43. The van der Waals surface area contributed by atoms with E-state index in [0.29, 0.717) is 12.5 Å². The molecule has 0 aromatic heterocycles. The topological polar surface area (TPSA) is 64.3 Å². The minimum atomic E-state index is 0.0589. The molecule has 0 spiro atoms. The van der Waals surface area contributed by atoms with Gasteiger partial charge >= 0.3 is 0 Å². The Hall–Kier alpha value is -0.610. The first-order chi connectivity index (χ1) is 8.27. The van der Waals surface area contributed by atoms with Crippen LogP contribution in [0.4, 0.5) is 0 Å². The van der Waals surface area contributed by atoms with E-state index in [2.05, 4.69) is 5.32 Å². The maximum Gasteiger partial charge on any atom is 0.225 e. The van der Waals surface area contributed by atoms with Crippen LogP contribution in [-0.4, -0.2) is 31.7 Å². The van der Waals surface area contributed by atoms with Crippen LogP contribution >= 0.6 is 0 Å². The number of rotatable bonds is 3. The van der Waals surface area contributed by atoms with Gasteiger partial charge in [0.1, 0.15) is 0 Å². The second-order valence-corrected chi connectivity index (χ2v) is 5.37. The predicted molar refractivity (Wildman–Crippen MR) is 66.5 cm³/mol. The summed E-state index contributed by atoms with van der Waals surface area (Å²) in [7, 11) is 0. The highest BCUT2D eigenvalue weighted by Crippen LogP contribution is 2.22. The Labute approximate surface area is 103 Å². The molecule has 3 N–H and O–H groups in total. The highest BCUT2D eigenvalue weighted by molar-refractivity contribution is 5.78. The van der Waals surface area contributed by atoms with E-state index in [1.54, 1.807) is 0 Å². The van der Waals surface area contributed by atoms with Crippen molar-refractivity contribution in [2.75, 3.05) is 19.8 Å². The molecule has 1 amide bonds. The minimum absolute atomic E-state index is 0.0589. The lowest BCUT2D eigenvalue weighted by atomic mass is 9.85. The average Bonchev–Trinajstić information content (AvgIpc) is 2.38. The molecule has 2 aliphatic rings. The van der Waals surface area contributed by atoms with Gasteiger partial charge in [-0.2, -0.15) is 0 Å². The fourth-order valence-electron chi connectivity index (χ4n) is 2.81. The number of carbonyl (C=O) groups excluding carboxylic acids is 1. The summed E-state index contributed by atoms with van der Waals surface area (Å²) in [4.78, 5) is 11.9. The van der Waals surface area contributed by atoms with Crippen molar-refractivity contribution in [3.05, 3.63) is 0 Å². The molecule has 4 nitrogen and oxygen atoms in total. The molecule has 98 valence electrons. The molecule has 17 heavy (non-hydrogen) atoms. The Kier molecular flexibility index (Phi) is 4.80. The zero-order valence-electron chi connectivity index (χ0n) is 10.5. The van der Waals surface area contributed by atoms with E-state index < -0.39 is 0 Å². The lowest BCUT2D eigenvalue weighted by molar-refractivity contribution is -0.129. The highest BCUT2D eigenvalue weighted by Gasteiger charge is 2.25. The molecule has 0 bridgehead atoms. The third kappa shape index (κ3) is 3.68. The van der Waals surface area contributed by atoms with Gasteiger partial charge in [0.15, 0.2) is 0 Å². The first-order valence-electron chi connectivity index (χ1n) is 6.88. The highest BCUT2D eigenvalue weighted by atomic mass is 16.5. The van der Waals surface area contributed by atoms with Gasteiger partial charge in [-0.3, -0.25) is 4.79 Å². The summed E-state index contributed by atoms with van der Waals surface area (Å²) in [5.74, 6) is 0.684. The Balaban J connectivity index is 1.71. The monoisotopic (exact) mass is 240 g/mol. The van der Waals surface area contributed by atoms with Crippen LogP contribution in [0.25, 0.3) is 0 Å². The van der Waals surface area contributed by atoms with Gasteiger partial charge in [-0.15, -0.1) is 0 Å². The van der Waals surface area contributed by atoms with E-state index in [1.165, 1.54) is 12.8 Å². The third-order valence-corrected chi connectivity index (χ3v) is 4.04. The Bertz CT molecular complexity index is 252. The molecule has 1 heterocycles. The van der Waals surface area contributed by atoms with Crippen molar-refractivity contribution in [2.45, 2.75) is 44.6 Å². The number of nitrogens with two attached hydrogens (primary N) is 1. The van der Waals surface area contributed by atoms with Crippen LogP contribution in [0.15, 0.2) is 0 Å². The van der Waals surface area contributed by atoms with E-state index in [4.69, 9.17) is 10.5 Å². The summed E-state index contributed by atoms with van der Waals surface area (Å²) < 4.78 is 5.33. The SMILES string of the molecule is NC1CCCCC1CNC(=O)C1CCCOC1. The molecule has 1 saturated carbocycles. The molecule has 0 aromatic rings. The standard InChI is InChI=1S/C13H24N2O2/c14-12-6-2-1-4-10(12)8-15-13(16)11-5-3-7-17-9-11/h10-12H,1-9,14H2,(H,15,16). The van der Waals surface area contributed by atoms with E-state index in [0.717, 1.165) is 38.8 Å². The van der Waals surface area contributed by atoms with Gasteiger partial charge in [-0.05, 0) is 31.6 Å². The second-order valence-electron chi connectivity index (χ2n) is 5.37. The van der Waals surface area contributed by atoms with Gasteiger partial charge in [-0.25, -0.2) is 0 Å². The van der Waals surface area contributed by atoms with Gasteiger partial charge in [0, 0.05) is 19.2 Å². The maximum absolute atomic E-state index is 11.9. The Morgan fingerprint density at radius 1 is 1.24 bits per heavy atom. The summed E-state index contributed by atoms with van der Waals surface area (Å²) in [5.41, 5.74) is 6.07. The summed E-state index contributed by atoms with van der Waals surface area (Å²) in [6.07, 6.45) is 6.71. The fraction of sp³-hybridized carbons (Fsp3) is 0.923. The third-order valence-electron chi connectivity index (χ3n) is 4.04. The average molecular weight is 240 g/mol. The van der Waals surface area contributed by atoms with Crippen LogP contribution in [0, 0.1) is 11.8 Å². The first-order valence-corrected chi connectivity index (χ1v) is 6.88. The number of hydrogen-bond donors (Lipinski definition) is 2. The van der Waals surface area contributed by atoms with Crippen molar-refractivity contribution >= 4 is 5.91 Å². The number of carbonyl (C=O) groups is 1. The second kappa shape index (κ2) is 6.36. The number of amides is 1. The van der Waals surface area contributed by atoms with Crippen LogP contribution in [0.5, 0.6) is 0 Å². The summed E-state index contributed by atoms with van der Waals surface area (Å²) >= 11 is 0. The van der Waals surface area contributed by atoms with Crippen molar-refractivity contribution in [2.24, 2.45) is 17.6 Å². The summed E-state index contributed by atoms with van der Waals surface area (Å²) in [6.45, 7) is 2.14. The lowest BCUT2D eigenvalue weighted by Gasteiger charge is -2.29. The molecule has 4 heteroatoms. The van der Waals surface area contributed by atoms with Crippen molar-refractivity contribution in [3.63, 3.8) is 0 Å². The van der Waals surface area contributed by atoms with Crippen LogP contribution in [0.1, 0.15) is 38.5 Å². The van der Waals surface area contributed by atoms with Crippen molar-refractivity contribution in [1.29, 1.82) is 0 Å². The van der Waals surface area contributed by atoms with Crippen LogP contribution in [0.3, 0.4) is 0 Å². The van der Waals surface area contributed by atoms with Gasteiger partial charge in [0.2, 0.25) is 5.91 Å². The number of nitrogens with one attached hydrogen (secondary N) is 1. The molecule has 3 unspecified atom stereocenters. The molecule has 2 rings (SSSR count). The molecule has 3 atom stereocenters. The van der Waals surface area contributed by atoms with E-state index in [1.807, 2.05) is 0 Å². The number of hydrogen-bond acceptors (Lipinski definition) is 3. The first kappa shape index (κ1) is 12.8. The molecule has 2 fully saturated rings. The van der Waals surface area contributed by atoms with Crippen LogP contribution in [-0.2, 0) is 9.53 Å². The molecular weight excluding hydrogens is 216 g/mol. The quantitative estimate of drug-likeness (QED) is 0.775. The molecule has 0 radical (unpaired) electrons. The normalized spacial score (nSPS) is 34.3. The molecule has 1 saturated heterocycles. The zero-order chi connectivity index (χ0) is 12.1. The van der Waals surface area contributed by atoms with Crippen molar-refractivity contribution in [3.8, 4) is 0 Å². The zero-order valence-corrected chi connectivity index (χ0v) is 10.5. The molecular formula is C13H24N2O2. The van der Waals surface area contributed by atoms with Gasteiger partial charge in [0.25, 0.3) is 0 Å². The number of ether oxygens (including phenoxy) is 1. The summed E-state index contributed by atoms with van der Waals surface area (Å²) in [5, 5.41) is 3.05. The van der Waals surface area contributed by atoms with E-state index >= 15 is 0 Å². The van der Waals surface area contributed by atoms with Crippen LogP contribution < -0.4 is 11.1 Å². The van der Waals surface area contributed by atoms with Gasteiger partial charge in [-0.1, -0.05) is 12.8 Å². The van der Waals surface area contributed by atoms with Gasteiger partial charge in [0.05, 0.1) is 12.5 Å². The smallest absolute Gasteiger partial charge is 0.225 e. The van der Waals surface area contributed by atoms with Crippen LogP contribution in [0.2, 0.25) is 0 Å². The van der Waals surface area contributed by atoms with Crippen molar-refractivity contribution in [1.82, 2.24) is 5.32 Å².